The van der Waals surface area contributed by atoms with Gasteiger partial charge in [0.15, 0.2) is 0 Å². The fourth-order valence-corrected chi connectivity index (χ4v) is 4.39. The Morgan fingerprint density at radius 2 is 1.91 bits per heavy atom. The van der Waals surface area contributed by atoms with Gasteiger partial charge in [0.1, 0.15) is 6.04 Å². The van der Waals surface area contributed by atoms with Crippen molar-refractivity contribution < 1.29 is 9.59 Å². The van der Waals surface area contributed by atoms with Crippen molar-refractivity contribution >= 4 is 17.5 Å². The van der Waals surface area contributed by atoms with Crippen molar-refractivity contribution in [1.29, 1.82) is 0 Å². The van der Waals surface area contributed by atoms with E-state index in [0.29, 0.717) is 18.5 Å². The smallest absolute Gasteiger partial charge is 0.255 e. The van der Waals surface area contributed by atoms with Crippen molar-refractivity contribution in [3.05, 3.63) is 41.6 Å². The summed E-state index contributed by atoms with van der Waals surface area (Å²) in [5.41, 5.74) is 3.49. The van der Waals surface area contributed by atoms with Gasteiger partial charge in [0.25, 0.3) is 5.91 Å². The Morgan fingerprint density at radius 3 is 2.62 bits per heavy atom. The number of nitrogens with zero attached hydrogens (tertiary/aromatic N) is 2. The third-order valence-electron chi connectivity index (χ3n) is 6.08. The third kappa shape index (κ3) is 6.33. The minimum Gasteiger partial charge on any atom is -0.385 e. The quantitative estimate of drug-likeness (QED) is 0.564. The molecule has 3 aliphatic rings. The van der Waals surface area contributed by atoms with Crippen LogP contribution in [0.5, 0.6) is 0 Å². The highest BCUT2D eigenvalue weighted by atomic mass is 16.2. The number of rotatable bonds is 7. The minimum atomic E-state index is -0.401. The molecule has 2 amide bonds. The summed E-state index contributed by atoms with van der Waals surface area (Å²) in [5, 5.41) is 9.65. The van der Waals surface area contributed by atoms with Crippen molar-refractivity contribution in [1.82, 2.24) is 20.4 Å². The van der Waals surface area contributed by atoms with E-state index >= 15 is 0 Å². The predicted molar refractivity (Wildman–Crippen MR) is 132 cm³/mol. The second kappa shape index (κ2) is 12.6. The molecule has 0 bridgehead atoms. The van der Waals surface area contributed by atoms with Crippen LogP contribution in [0.4, 0.5) is 5.69 Å². The zero-order valence-corrected chi connectivity index (χ0v) is 19.0. The molecule has 1 aromatic carbocycles. The number of piperazine rings is 1. The zero-order chi connectivity index (χ0) is 22.2. The number of anilines is 1. The van der Waals surface area contributed by atoms with Crippen LogP contribution in [0.3, 0.4) is 0 Å². The van der Waals surface area contributed by atoms with Crippen LogP contribution in [-0.2, 0) is 11.3 Å². The van der Waals surface area contributed by atoms with E-state index in [1.165, 1.54) is 6.42 Å². The highest BCUT2D eigenvalue weighted by molar-refractivity contribution is 6.01. The molecule has 0 spiro atoms. The number of hydrogen-bond donors (Lipinski definition) is 3. The Kier molecular flexibility index (Phi) is 10.2. The molecule has 4 rings (SSSR count). The lowest BCUT2D eigenvalue weighted by atomic mass is 10.0. The van der Waals surface area contributed by atoms with E-state index in [0.717, 1.165) is 69.1 Å². The minimum absolute atomic E-state index is 0. The SMILES string of the molecule is C.C=C1CCC(N2Cc3cc(NCCCCN4CCNCC4)ccc3C2=O)C(=O)N1.CC. The lowest BCUT2D eigenvalue weighted by Gasteiger charge is -2.30. The monoisotopic (exact) mass is 443 g/mol. The molecule has 1 atom stereocenters. The molecule has 32 heavy (non-hydrogen) atoms. The molecule has 178 valence electrons. The fraction of sp³-hybridized carbons (Fsp3) is 0.600. The summed E-state index contributed by atoms with van der Waals surface area (Å²) < 4.78 is 0. The lowest BCUT2D eigenvalue weighted by Crippen LogP contribution is -2.49. The van der Waals surface area contributed by atoms with Crippen molar-refractivity contribution in [3.63, 3.8) is 0 Å². The van der Waals surface area contributed by atoms with Gasteiger partial charge in [-0.3, -0.25) is 9.59 Å². The standard InChI is InChI=1S/C22H31N5O2.C2H6.CH4/c1-16-4-7-20(21(28)25-16)27-15-17-14-18(5-6-19(17)22(27)29)24-8-2-3-11-26-12-9-23-10-13-26;1-2;/h5-6,14,20,23-24H,1-4,7-13,15H2,(H,25,28);1-2H3;1H4. The second-order valence-corrected chi connectivity index (χ2v) is 8.18. The van der Waals surface area contributed by atoms with Crippen molar-refractivity contribution in [2.75, 3.05) is 44.6 Å². The fourth-order valence-electron chi connectivity index (χ4n) is 4.39. The van der Waals surface area contributed by atoms with Gasteiger partial charge in [-0.2, -0.15) is 0 Å². The van der Waals surface area contributed by atoms with E-state index in [-0.39, 0.29) is 19.2 Å². The number of carbonyl (C=O) groups excluding carboxylic acids is 2. The summed E-state index contributed by atoms with van der Waals surface area (Å²) in [6, 6.07) is 5.52. The van der Waals surface area contributed by atoms with Gasteiger partial charge in [0.05, 0.1) is 0 Å². The Balaban J connectivity index is 0.00000118. The summed E-state index contributed by atoms with van der Waals surface area (Å²) in [7, 11) is 0. The molecule has 7 heteroatoms. The number of benzene rings is 1. The van der Waals surface area contributed by atoms with E-state index < -0.39 is 6.04 Å². The van der Waals surface area contributed by atoms with Gasteiger partial charge in [-0.1, -0.05) is 27.9 Å². The molecule has 0 saturated carbocycles. The van der Waals surface area contributed by atoms with Crippen molar-refractivity contribution in [2.24, 2.45) is 0 Å². The van der Waals surface area contributed by atoms with Crippen LogP contribution in [0.25, 0.3) is 0 Å². The van der Waals surface area contributed by atoms with E-state index in [1.807, 2.05) is 26.0 Å². The average molecular weight is 444 g/mol. The maximum Gasteiger partial charge on any atom is 0.255 e. The van der Waals surface area contributed by atoms with E-state index in [1.54, 1.807) is 4.90 Å². The highest BCUT2D eigenvalue weighted by Gasteiger charge is 2.38. The average Bonchev–Trinajstić information content (AvgIpc) is 3.11. The van der Waals surface area contributed by atoms with Crippen LogP contribution in [0.1, 0.15) is 62.9 Å². The number of piperidine rings is 1. The van der Waals surface area contributed by atoms with Gasteiger partial charge in [0, 0.05) is 56.2 Å². The Bertz CT molecular complexity index is 789. The Labute approximate surface area is 193 Å². The first-order valence-corrected chi connectivity index (χ1v) is 11.7. The molecule has 7 nitrogen and oxygen atoms in total. The molecule has 3 heterocycles. The number of nitrogens with one attached hydrogen (secondary N) is 3. The molecule has 2 fully saturated rings. The maximum absolute atomic E-state index is 12.8. The number of allylic oxidation sites excluding steroid dienone is 1. The third-order valence-corrected chi connectivity index (χ3v) is 6.08. The van der Waals surface area contributed by atoms with Gasteiger partial charge < -0.3 is 25.8 Å². The van der Waals surface area contributed by atoms with Crippen LogP contribution in [0.15, 0.2) is 30.5 Å². The lowest BCUT2D eigenvalue weighted by molar-refractivity contribution is -0.126. The maximum atomic E-state index is 12.8. The summed E-state index contributed by atoms with van der Waals surface area (Å²) in [4.78, 5) is 29.3. The molecular formula is C25H41N5O2. The largest absolute Gasteiger partial charge is 0.385 e. The first-order valence-electron chi connectivity index (χ1n) is 11.7. The van der Waals surface area contributed by atoms with E-state index in [9.17, 15) is 9.59 Å². The number of fused-ring (bicyclic) bond motifs is 1. The van der Waals surface area contributed by atoms with Crippen molar-refractivity contribution in [3.8, 4) is 0 Å². The molecule has 0 aromatic heterocycles. The molecular weight excluding hydrogens is 402 g/mol. The summed E-state index contributed by atoms with van der Waals surface area (Å²) >= 11 is 0. The Morgan fingerprint density at radius 1 is 1.16 bits per heavy atom. The van der Waals surface area contributed by atoms with E-state index in [4.69, 9.17) is 0 Å². The summed E-state index contributed by atoms with van der Waals surface area (Å²) in [6.45, 7) is 14.9. The van der Waals surface area contributed by atoms with Crippen LogP contribution in [-0.4, -0.2) is 66.9 Å². The van der Waals surface area contributed by atoms with Crippen LogP contribution in [0, 0.1) is 0 Å². The molecule has 2 saturated heterocycles. The van der Waals surface area contributed by atoms with Gasteiger partial charge in [-0.15, -0.1) is 0 Å². The number of hydrogen-bond acceptors (Lipinski definition) is 5. The molecule has 0 radical (unpaired) electrons. The van der Waals surface area contributed by atoms with Gasteiger partial charge >= 0.3 is 0 Å². The van der Waals surface area contributed by atoms with Crippen molar-refractivity contribution in [2.45, 2.75) is 59.5 Å². The van der Waals surface area contributed by atoms with Gasteiger partial charge in [-0.05, 0) is 56.0 Å². The van der Waals surface area contributed by atoms with Crippen LogP contribution in [0.2, 0.25) is 0 Å². The second-order valence-electron chi connectivity index (χ2n) is 8.18. The summed E-state index contributed by atoms with van der Waals surface area (Å²) in [5.74, 6) is -0.166. The van der Waals surface area contributed by atoms with E-state index in [2.05, 4.69) is 33.5 Å². The normalized spacial score (nSPS) is 20.6. The zero-order valence-electron chi connectivity index (χ0n) is 19.0. The van der Waals surface area contributed by atoms with Crippen LogP contribution >= 0.6 is 0 Å². The van der Waals surface area contributed by atoms with Gasteiger partial charge in [0.2, 0.25) is 5.91 Å². The van der Waals surface area contributed by atoms with Crippen LogP contribution < -0.4 is 16.0 Å². The predicted octanol–water partition coefficient (Wildman–Crippen LogP) is 3.19. The Hall–Kier alpha value is -2.38. The molecule has 1 aromatic rings. The summed E-state index contributed by atoms with van der Waals surface area (Å²) in [6.07, 6.45) is 3.67. The number of carbonyl (C=O) groups is 2. The van der Waals surface area contributed by atoms with Gasteiger partial charge in [-0.25, -0.2) is 0 Å². The first kappa shape index (κ1) is 25.9. The highest BCUT2D eigenvalue weighted by Crippen LogP contribution is 2.30. The number of amides is 2. The topological polar surface area (TPSA) is 76.7 Å². The molecule has 3 N–H and O–H groups in total. The molecule has 1 unspecified atom stereocenters. The number of unbranched alkanes of at least 4 members (excludes halogenated alkanes) is 1. The molecule has 3 aliphatic heterocycles. The molecule has 0 aliphatic carbocycles. The first-order chi connectivity index (χ1) is 15.1.